The third kappa shape index (κ3) is 1.64. The molecule has 0 bridgehead atoms. The van der Waals surface area contributed by atoms with Gasteiger partial charge in [-0.3, -0.25) is 4.68 Å². The van der Waals surface area contributed by atoms with E-state index in [1.807, 2.05) is 0 Å². The van der Waals surface area contributed by atoms with Crippen molar-refractivity contribution in [2.75, 3.05) is 0 Å². The predicted molar refractivity (Wildman–Crippen MR) is 36.0 cm³/mol. The first-order valence-corrected chi connectivity index (χ1v) is 3.24. The van der Waals surface area contributed by atoms with Crippen LogP contribution >= 0.6 is 15.9 Å². The second-order valence-electron chi connectivity index (χ2n) is 1.55. The molecular weight excluding hydrogens is 184 g/mol. The molecule has 4 heteroatoms. The maximum Gasteiger partial charge on any atom is 0.141 e. The summed E-state index contributed by atoms with van der Waals surface area (Å²) in [5.41, 5.74) is 0. The van der Waals surface area contributed by atoms with E-state index in [4.69, 9.17) is 0 Å². The van der Waals surface area contributed by atoms with Crippen LogP contribution in [0.4, 0.5) is 0 Å². The summed E-state index contributed by atoms with van der Waals surface area (Å²) in [6.07, 6.45) is 4.19. The first kappa shape index (κ1) is 6.48. The molecule has 0 unspecified atom stereocenters. The highest BCUT2D eigenvalue weighted by atomic mass is 79.9. The summed E-state index contributed by atoms with van der Waals surface area (Å²) in [7, 11) is 0. The highest BCUT2D eigenvalue weighted by molar-refractivity contribution is 9.10. The first-order valence-electron chi connectivity index (χ1n) is 2.44. The van der Waals surface area contributed by atoms with Gasteiger partial charge in [0.15, 0.2) is 0 Å². The summed E-state index contributed by atoms with van der Waals surface area (Å²) >= 11 is 3.20. The molecule has 0 aliphatic heterocycles. The van der Waals surface area contributed by atoms with Gasteiger partial charge in [-0.15, -0.1) is 0 Å². The lowest BCUT2D eigenvalue weighted by Crippen LogP contribution is -1.97. The fraction of sp³-hybridized carbons (Fsp3) is 0.200. The van der Waals surface area contributed by atoms with Crippen LogP contribution < -0.4 is 0 Å². The van der Waals surface area contributed by atoms with Gasteiger partial charge in [-0.1, -0.05) is 0 Å². The molecule has 0 radical (unpaired) electrons. The Labute approximate surface area is 60.8 Å². The van der Waals surface area contributed by atoms with E-state index in [2.05, 4.69) is 21.0 Å². The zero-order valence-electron chi connectivity index (χ0n) is 4.62. The van der Waals surface area contributed by atoms with Gasteiger partial charge in [0.2, 0.25) is 0 Å². The van der Waals surface area contributed by atoms with E-state index in [1.54, 1.807) is 17.1 Å². The van der Waals surface area contributed by atoms with E-state index in [-0.39, 0.29) is 0 Å². The normalized spacial score (nSPS) is 9.44. The summed E-state index contributed by atoms with van der Waals surface area (Å²) in [6, 6.07) is 0. The van der Waals surface area contributed by atoms with Crippen molar-refractivity contribution in [2.45, 2.75) is 6.54 Å². The molecular formula is C5H5BrN2O. The van der Waals surface area contributed by atoms with Crippen molar-refractivity contribution in [2.24, 2.45) is 0 Å². The van der Waals surface area contributed by atoms with Gasteiger partial charge >= 0.3 is 0 Å². The first-order chi connectivity index (χ1) is 4.33. The van der Waals surface area contributed by atoms with Crippen molar-refractivity contribution in [3.05, 3.63) is 16.9 Å². The van der Waals surface area contributed by atoms with E-state index in [1.165, 1.54) is 0 Å². The van der Waals surface area contributed by atoms with Crippen molar-refractivity contribution in [3.8, 4) is 0 Å². The van der Waals surface area contributed by atoms with Crippen molar-refractivity contribution in [1.29, 1.82) is 0 Å². The standard InChI is InChI=1S/C5H5BrN2O/c6-5-3-7-8(4-5)1-2-9/h2-4H,1H2. The number of rotatable bonds is 2. The molecule has 1 aromatic heterocycles. The monoisotopic (exact) mass is 188 g/mol. The minimum atomic E-state index is 0.325. The highest BCUT2D eigenvalue weighted by Gasteiger charge is 1.90. The Morgan fingerprint density at radius 1 is 1.89 bits per heavy atom. The Hall–Kier alpha value is -0.640. The molecule has 0 fully saturated rings. The van der Waals surface area contributed by atoms with Crippen molar-refractivity contribution >= 4 is 22.2 Å². The maximum atomic E-state index is 9.91. The molecule has 1 rings (SSSR count). The Balaban J connectivity index is 2.72. The molecule has 0 amide bonds. The minimum Gasteiger partial charge on any atom is -0.301 e. The molecule has 0 saturated heterocycles. The quantitative estimate of drug-likeness (QED) is 0.646. The molecule has 0 saturated carbocycles. The van der Waals surface area contributed by atoms with Gasteiger partial charge in [0, 0.05) is 6.20 Å². The van der Waals surface area contributed by atoms with Crippen molar-refractivity contribution in [1.82, 2.24) is 9.78 Å². The van der Waals surface area contributed by atoms with Crippen LogP contribution in [0, 0.1) is 0 Å². The third-order valence-corrected chi connectivity index (χ3v) is 1.27. The largest absolute Gasteiger partial charge is 0.301 e. The van der Waals surface area contributed by atoms with Gasteiger partial charge in [-0.2, -0.15) is 5.10 Å². The van der Waals surface area contributed by atoms with Crippen LogP contribution in [0.2, 0.25) is 0 Å². The number of aromatic nitrogens is 2. The van der Waals surface area contributed by atoms with Crippen LogP contribution in [0.1, 0.15) is 0 Å². The van der Waals surface area contributed by atoms with E-state index >= 15 is 0 Å². The van der Waals surface area contributed by atoms with E-state index < -0.39 is 0 Å². The third-order valence-electron chi connectivity index (χ3n) is 0.863. The molecule has 3 nitrogen and oxygen atoms in total. The van der Waals surface area contributed by atoms with Gasteiger partial charge < -0.3 is 4.79 Å². The second-order valence-corrected chi connectivity index (χ2v) is 2.46. The maximum absolute atomic E-state index is 9.91. The Morgan fingerprint density at radius 3 is 3.11 bits per heavy atom. The number of hydrogen-bond donors (Lipinski definition) is 0. The Bertz CT molecular complexity index is 208. The Morgan fingerprint density at radius 2 is 2.67 bits per heavy atom. The topological polar surface area (TPSA) is 34.9 Å². The number of hydrogen-bond acceptors (Lipinski definition) is 2. The molecule has 0 N–H and O–H groups in total. The molecule has 48 valence electrons. The zero-order chi connectivity index (χ0) is 6.69. The number of carbonyl (C=O) groups excluding carboxylic acids is 1. The van der Waals surface area contributed by atoms with Crippen molar-refractivity contribution in [3.63, 3.8) is 0 Å². The van der Waals surface area contributed by atoms with Gasteiger partial charge in [0.25, 0.3) is 0 Å². The van der Waals surface area contributed by atoms with E-state index in [9.17, 15) is 4.79 Å². The molecule has 0 aliphatic rings. The smallest absolute Gasteiger partial charge is 0.141 e. The summed E-state index contributed by atoms with van der Waals surface area (Å²) in [4.78, 5) is 9.91. The lowest BCUT2D eigenvalue weighted by Gasteiger charge is -1.87. The van der Waals surface area contributed by atoms with E-state index in [0.717, 1.165) is 10.8 Å². The summed E-state index contributed by atoms with van der Waals surface area (Å²) in [6.45, 7) is 0.325. The fourth-order valence-electron chi connectivity index (χ4n) is 0.515. The average Bonchev–Trinajstić information content (AvgIpc) is 2.17. The molecule has 9 heavy (non-hydrogen) atoms. The Kier molecular flexibility index (Phi) is 2.00. The molecule has 0 spiro atoms. The van der Waals surface area contributed by atoms with Crippen LogP contribution in [0.5, 0.6) is 0 Å². The molecule has 0 atom stereocenters. The number of nitrogens with zero attached hydrogens (tertiary/aromatic N) is 2. The van der Waals surface area contributed by atoms with Crippen LogP contribution in [-0.2, 0) is 11.3 Å². The van der Waals surface area contributed by atoms with Gasteiger partial charge in [0.1, 0.15) is 6.29 Å². The van der Waals surface area contributed by atoms with Gasteiger partial charge in [-0.25, -0.2) is 0 Å². The highest BCUT2D eigenvalue weighted by Crippen LogP contribution is 2.04. The molecule has 1 heterocycles. The summed E-state index contributed by atoms with van der Waals surface area (Å²) in [5.74, 6) is 0. The number of carbonyl (C=O) groups is 1. The summed E-state index contributed by atoms with van der Waals surface area (Å²) < 4.78 is 2.45. The lowest BCUT2D eigenvalue weighted by atomic mass is 10.7. The molecule has 1 aromatic rings. The van der Waals surface area contributed by atoms with Crippen LogP contribution in [-0.4, -0.2) is 16.1 Å². The lowest BCUT2D eigenvalue weighted by molar-refractivity contribution is -0.108. The van der Waals surface area contributed by atoms with Crippen LogP contribution in [0.3, 0.4) is 0 Å². The van der Waals surface area contributed by atoms with Gasteiger partial charge in [0.05, 0.1) is 17.2 Å². The fourth-order valence-corrected chi connectivity index (χ4v) is 0.842. The van der Waals surface area contributed by atoms with Gasteiger partial charge in [-0.05, 0) is 15.9 Å². The number of halogens is 1. The number of aldehydes is 1. The van der Waals surface area contributed by atoms with E-state index in [0.29, 0.717) is 6.54 Å². The predicted octanol–water partition coefficient (Wildman–Crippen LogP) is 0.845. The van der Waals surface area contributed by atoms with Crippen LogP contribution in [0.15, 0.2) is 16.9 Å². The van der Waals surface area contributed by atoms with Crippen LogP contribution in [0.25, 0.3) is 0 Å². The average molecular weight is 189 g/mol. The molecule has 0 aliphatic carbocycles. The zero-order valence-corrected chi connectivity index (χ0v) is 6.21. The second kappa shape index (κ2) is 2.77. The molecule has 0 aromatic carbocycles. The SMILES string of the molecule is O=CCn1cc(Br)cn1. The van der Waals surface area contributed by atoms with Crippen molar-refractivity contribution < 1.29 is 4.79 Å². The summed E-state index contributed by atoms with van der Waals surface area (Å²) in [5, 5.41) is 3.84. The minimum absolute atomic E-state index is 0.325.